The topological polar surface area (TPSA) is 114 Å². The summed E-state index contributed by atoms with van der Waals surface area (Å²) in [6.07, 6.45) is 2.21. The zero-order valence-electron chi connectivity index (χ0n) is 14.0. The number of nitrogens with two attached hydrogens (primary N) is 2. The van der Waals surface area contributed by atoms with Gasteiger partial charge in [-0.3, -0.25) is 0 Å². The molecule has 1 aromatic carbocycles. The van der Waals surface area contributed by atoms with Crippen LogP contribution >= 0.6 is 0 Å². The van der Waals surface area contributed by atoms with Crippen molar-refractivity contribution in [2.75, 3.05) is 32.2 Å². The Morgan fingerprint density at radius 2 is 1.88 bits per heavy atom. The summed E-state index contributed by atoms with van der Waals surface area (Å²) in [5.41, 5.74) is 12.5. The highest BCUT2D eigenvalue weighted by Gasteiger charge is 2.33. The van der Waals surface area contributed by atoms with Crippen LogP contribution in [0.5, 0.6) is 11.5 Å². The van der Waals surface area contributed by atoms with Crippen LogP contribution in [0, 0.1) is 0 Å². The number of quaternary nitrogens is 1. The second kappa shape index (κ2) is 6.88. The number of likely N-dealkylation sites (tertiary alicyclic amines) is 1. The minimum absolute atomic E-state index is 0.162. The molecule has 2 aromatic rings. The van der Waals surface area contributed by atoms with Crippen molar-refractivity contribution in [3.63, 3.8) is 0 Å². The van der Waals surface area contributed by atoms with Crippen molar-refractivity contribution < 1.29 is 14.4 Å². The highest BCUT2D eigenvalue weighted by molar-refractivity contribution is 5.42. The Morgan fingerprint density at radius 1 is 1.12 bits per heavy atom. The Labute approximate surface area is 140 Å². The summed E-state index contributed by atoms with van der Waals surface area (Å²) < 4.78 is 10.8. The van der Waals surface area contributed by atoms with Gasteiger partial charge in [0.2, 0.25) is 11.9 Å². The van der Waals surface area contributed by atoms with E-state index in [4.69, 9.17) is 20.9 Å². The molecule has 8 heteroatoms. The number of ether oxygens (including phenoxy) is 2. The molecule has 128 valence electrons. The van der Waals surface area contributed by atoms with Gasteiger partial charge in [-0.1, -0.05) is 0 Å². The number of rotatable bonds is 5. The van der Waals surface area contributed by atoms with Crippen molar-refractivity contribution in [1.82, 2.24) is 15.0 Å². The predicted molar refractivity (Wildman–Crippen MR) is 89.7 cm³/mol. The summed E-state index contributed by atoms with van der Waals surface area (Å²) in [6, 6.07) is 6.27. The molecular formula is C16H23N6O2+. The first kappa shape index (κ1) is 16.3. The van der Waals surface area contributed by atoms with Gasteiger partial charge < -0.3 is 25.8 Å². The fraction of sp³-hybridized carbons (Fsp3) is 0.438. The molecule has 1 saturated heterocycles. The highest BCUT2D eigenvalue weighted by atomic mass is 16.5. The van der Waals surface area contributed by atoms with Gasteiger partial charge in [-0.2, -0.15) is 15.0 Å². The predicted octanol–water partition coefficient (Wildman–Crippen LogP) is -0.0268. The molecule has 24 heavy (non-hydrogen) atoms. The van der Waals surface area contributed by atoms with E-state index in [0.29, 0.717) is 18.4 Å². The average Bonchev–Trinajstić information content (AvgIpc) is 3.01. The first-order valence-electron chi connectivity index (χ1n) is 7.93. The molecule has 0 saturated carbocycles. The number of aromatic nitrogens is 3. The van der Waals surface area contributed by atoms with Crippen LogP contribution in [-0.4, -0.2) is 35.7 Å². The Balaban J connectivity index is 1.85. The molecule has 0 aliphatic carbocycles. The Kier molecular flexibility index (Phi) is 4.66. The quantitative estimate of drug-likeness (QED) is 0.705. The molecule has 1 fully saturated rings. The number of nitrogens with one attached hydrogen (secondary N) is 1. The van der Waals surface area contributed by atoms with E-state index in [0.717, 1.165) is 30.9 Å². The van der Waals surface area contributed by atoms with E-state index in [9.17, 15) is 0 Å². The molecule has 0 amide bonds. The first-order chi connectivity index (χ1) is 11.6. The molecule has 1 aliphatic rings. The minimum atomic E-state index is 0.162. The molecule has 3 rings (SSSR count). The van der Waals surface area contributed by atoms with Crippen LogP contribution in [0.2, 0.25) is 0 Å². The number of nitrogens with zero attached hydrogens (tertiary/aromatic N) is 3. The van der Waals surface area contributed by atoms with Gasteiger partial charge in [-0.25, -0.2) is 0 Å². The maximum absolute atomic E-state index is 5.67. The summed E-state index contributed by atoms with van der Waals surface area (Å²) in [7, 11) is 3.33. The van der Waals surface area contributed by atoms with Gasteiger partial charge in [0.25, 0.3) is 0 Å². The van der Waals surface area contributed by atoms with Crippen molar-refractivity contribution in [2.45, 2.75) is 25.4 Å². The number of anilines is 2. The third-order valence-corrected chi connectivity index (χ3v) is 4.40. The number of nitrogen functional groups attached to an aromatic ring is 2. The number of benzene rings is 1. The second-order valence-electron chi connectivity index (χ2n) is 5.86. The van der Waals surface area contributed by atoms with Gasteiger partial charge in [0, 0.05) is 18.9 Å². The van der Waals surface area contributed by atoms with E-state index in [1.165, 1.54) is 10.5 Å². The van der Waals surface area contributed by atoms with E-state index in [2.05, 4.69) is 21.0 Å². The normalized spacial score (nSPS) is 20.1. The van der Waals surface area contributed by atoms with Crippen LogP contribution in [0.3, 0.4) is 0 Å². The molecule has 2 heterocycles. The maximum atomic E-state index is 5.67. The van der Waals surface area contributed by atoms with Crippen molar-refractivity contribution in [2.24, 2.45) is 0 Å². The molecule has 0 spiro atoms. The monoisotopic (exact) mass is 331 g/mol. The van der Waals surface area contributed by atoms with Crippen molar-refractivity contribution in [3.05, 3.63) is 29.6 Å². The van der Waals surface area contributed by atoms with E-state index in [-0.39, 0.29) is 11.9 Å². The molecule has 1 aliphatic heterocycles. The fourth-order valence-electron chi connectivity index (χ4n) is 3.34. The Bertz CT molecular complexity index is 703. The van der Waals surface area contributed by atoms with Gasteiger partial charge in [0.15, 0.2) is 5.82 Å². The molecule has 5 N–H and O–H groups in total. The van der Waals surface area contributed by atoms with Gasteiger partial charge in [-0.05, 0) is 12.1 Å². The number of hydrogen-bond donors (Lipinski definition) is 3. The highest BCUT2D eigenvalue weighted by Crippen LogP contribution is 2.31. The lowest BCUT2D eigenvalue weighted by Crippen LogP contribution is -3.09. The molecule has 0 radical (unpaired) electrons. The largest absolute Gasteiger partial charge is 0.497 e. The van der Waals surface area contributed by atoms with E-state index >= 15 is 0 Å². The van der Waals surface area contributed by atoms with Crippen molar-refractivity contribution in [3.8, 4) is 11.5 Å². The van der Waals surface area contributed by atoms with Gasteiger partial charge in [-0.15, -0.1) is 0 Å². The molecule has 1 unspecified atom stereocenters. The van der Waals surface area contributed by atoms with Crippen LogP contribution in [0.4, 0.5) is 11.9 Å². The van der Waals surface area contributed by atoms with Gasteiger partial charge in [0.05, 0.1) is 26.3 Å². The third kappa shape index (κ3) is 3.33. The van der Waals surface area contributed by atoms with Gasteiger partial charge in [0.1, 0.15) is 24.1 Å². The lowest BCUT2D eigenvalue weighted by molar-refractivity contribution is -0.932. The molecule has 0 bridgehead atoms. The minimum Gasteiger partial charge on any atom is -0.497 e. The third-order valence-electron chi connectivity index (χ3n) is 4.40. The van der Waals surface area contributed by atoms with Crippen LogP contribution in [0.15, 0.2) is 18.2 Å². The average molecular weight is 331 g/mol. The summed E-state index contributed by atoms with van der Waals surface area (Å²) in [6.45, 7) is 1.68. The van der Waals surface area contributed by atoms with Crippen LogP contribution in [0.1, 0.15) is 30.3 Å². The smallest absolute Gasteiger partial charge is 0.225 e. The van der Waals surface area contributed by atoms with Crippen molar-refractivity contribution in [1.29, 1.82) is 0 Å². The van der Waals surface area contributed by atoms with Crippen LogP contribution in [0.25, 0.3) is 0 Å². The Hall–Kier alpha value is -2.61. The zero-order valence-corrected chi connectivity index (χ0v) is 14.0. The molecular weight excluding hydrogens is 308 g/mol. The first-order valence-corrected chi connectivity index (χ1v) is 7.93. The standard InChI is InChI=1S/C16H22N6O2/c1-23-10-5-6-11(13(8-10)24-2)12-4-3-7-22(12)9-14-19-15(17)21-16(18)20-14/h5-6,8,12H,3-4,7,9H2,1-2H3,(H4,17,18,19,20,21)/p+1/t12-/m0/s1. The SMILES string of the molecule is COc1ccc([C@@H]2CCC[NH+]2Cc2nc(N)nc(N)n2)c(OC)c1. The van der Waals surface area contributed by atoms with Crippen LogP contribution in [-0.2, 0) is 6.54 Å². The lowest BCUT2D eigenvalue weighted by Gasteiger charge is -2.23. The molecule has 2 atom stereocenters. The summed E-state index contributed by atoms with van der Waals surface area (Å²) in [5.74, 6) is 2.57. The fourth-order valence-corrected chi connectivity index (χ4v) is 3.34. The van der Waals surface area contributed by atoms with E-state index < -0.39 is 0 Å². The lowest BCUT2D eigenvalue weighted by atomic mass is 10.0. The summed E-state index contributed by atoms with van der Waals surface area (Å²) in [4.78, 5) is 13.6. The number of methoxy groups -OCH3 is 2. The summed E-state index contributed by atoms with van der Waals surface area (Å²) >= 11 is 0. The Morgan fingerprint density at radius 3 is 2.54 bits per heavy atom. The van der Waals surface area contributed by atoms with E-state index in [1.54, 1.807) is 14.2 Å². The van der Waals surface area contributed by atoms with Gasteiger partial charge >= 0.3 is 0 Å². The zero-order chi connectivity index (χ0) is 17.1. The molecule has 8 nitrogen and oxygen atoms in total. The summed E-state index contributed by atoms with van der Waals surface area (Å²) in [5, 5.41) is 0. The molecule has 1 aromatic heterocycles. The van der Waals surface area contributed by atoms with Crippen molar-refractivity contribution >= 4 is 11.9 Å². The van der Waals surface area contributed by atoms with Crippen LogP contribution < -0.4 is 25.8 Å². The van der Waals surface area contributed by atoms with E-state index in [1.807, 2.05) is 12.1 Å². The maximum Gasteiger partial charge on any atom is 0.225 e. The second-order valence-corrected chi connectivity index (χ2v) is 5.86. The number of hydrogen-bond acceptors (Lipinski definition) is 7.